The van der Waals surface area contributed by atoms with Gasteiger partial charge in [-0.1, -0.05) is 37.3 Å². The zero-order valence-corrected chi connectivity index (χ0v) is 18.4. The quantitative estimate of drug-likeness (QED) is 0.696. The highest BCUT2D eigenvalue weighted by atomic mass is 35.5. The number of ether oxygens (including phenoxy) is 1. The van der Waals surface area contributed by atoms with E-state index >= 15 is 0 Å². The van der Waals surface area contributed by atoms with Crippen LogP contribution >= 0.6 is 24.8 Å². The lowest BCUT2D eigenvalue weighted by molar-refractivity contribution is -0.123. The molecule has 2 atom stereocenters. The number of benzene rings is 1. The Balaban J connectivity index is 0.00000196. The van der Waals surface area contributed by atoms with Gasteiger partial charge in [0.15, 0.2) is 0 Å². The van der Waals surface area contributed by atoms with Crippen molar-refractivity contribution in [1.29, 1.82) is 0 Å². The van der Waals surface area contributed by atoms with Gasteiger partial charge in [-0.15, -0.1) is 24.8 Å². The Kier molecular flexibility index (Phi) is 12.0. The van der Waals surface area contributed by atoms with Crippen molar-refractivity contribution >= 4 is 30.7 Å². The molecule has 2 fully saturated rings. The van der Waals surface area contributed by atoms with E-state index in [1.54, 1.807) is 0 Å². The first-order valence-corrected chi connectivity index (χ1v) is 10.1. The van der Waals surface area contributed by atoms with Gasteiger partial charge in [-0.2, -0.15) is 0 Å². The third kappa shape index (κ3) is 7.88. The van der Waals surface area contributed by atoms with Crippen molar-refractivity contribution in [2.24, 2.45) is 11.8 Å². The minimum absolute atomic E-state index is 0. The summed E-state index contributed by atoms with van der Waals surface area (Å²) < 4.78 is 5.45. The second kappa shape index (κ2) is 13.4. The molecule has 0 aliphatic carbocycles. The number of rotatable bonds is 7. The summed E-state index contributed by atoms with van der Waals surface area (Å²) in [5.41, 5.74) is 1.18. The summed E-state index contributed by atoms with van der Waals surface area (Å²) in [6, 6.07) is 10.4. The van der Waals surface area contributed by atoms with Crippen LogP contribution in [0.2, 0.25) is 0 Å². The Labute approximate surface area is 181 Å². The molecule has 1 amide bonds. The molecule has 2 saturated heterocycles. The minimum atomic E-state index is 0. The molecule has 7 heteroatoms. The molecule has 0 aromatic heterocycles. The minimum Gasteiger partial charge on any atom is -0.379 e. The van der Waals surface area contributed by atoms with E-state index < -0.39 is 0 Å². The molecule has 28 heavy (non-hydrogen) atoms. The van der Waals surface area contributed by atoms with Crippen LogP contribution in [0.25, 0.3) is 0 Å². The van der Waals surface area contributed by atoms with Crippen molar-refractivity contribution in [3.8, 4) is 0 Å². The van der Waals surface area contributed by atoms with Gasteiger partial charge in [0.05, 0.1) is 19.3 Å². The van der Waals surface area contributed by atoms with Gasteiger partial charge in [0, 0.05) is 26.1 Å². The third-order valence-corrected chi connectivity index (χ3v) is 5.78. The molecule has 0 radical (unpaired) electrons. The van der Waals surface area contributed by atoms with E-state index in [-0.39, 0.29) is 36.8 Å². The number of nitrogens with one attached hydrogen (secondary N) is 2. The van der Waals surface area contributed by atoms with Crippen molar-refractivity contribution in [2.45, 2.75) is 32.2 Å². The van der Waals surface area contributed by atoms with Gasteiger partial charge in [0.1, 0.15) is 0 Å². The zero-order chi connectivity index (χ0) is 18.2. The first-order valence-electron chi connectivity index (χ1n) is 10.1. The molecule has 5 nitrogen and oxygen atoms in total. The van der Waals surface area contributed by atoms with Gasteiger partial charge >= 0.3 is 0 Å². The molecular formula is C21H35Cl2N3O2. The van der Waals surface area contributed by atoms with Gasteiger partial charge < -0.3 is 15.4 Å². The molecule has 2 aliphatic rings. The molecule has 0 spiro atoms. The number of carbonyl (C=O) groups excluding carboxylic acids is 1. The van der Waals surface area contributed by atoms with E-state index in [1.807, 2.05) is 18.2 Å². The molecule has 0 saturated carbocycles. The van der Waals surface area contributed by atoms with Crippen LogP contribution in [0.3, 0.4) is 0 Å². The van der Waals surface area contributed by atoms with Crippen LogP contribution in [-0.2, 0) is 9.53 Å². The predicted molar refractivity (Wildman–Crippen MR) is 118 cm³/mol. The molecule has 160 valence electrons. The molecule has 2 N–H and O–H groups in total. The Hall–Kier alpha value is -0.850. The third-order valence-electron chi connectivity index (χ3n) is 5.78. The number of hydrogen-bond acceptors (Lipinski definition) is 4. The van der Waals surface area contributed by atoms with Gasteiger partial charge in [-0.3, -0.25) is 9.69 Å². The fourth-order valence-corrected chi connectivity index (χ4v) is 4.09. The van der Waals surface area contributed by atoms with Crippen molar-refractivity contribution in [3.63, 3.8) is 0 Å². The lowest BCUT2D eigenvalue weighted by atomic mass is 9.84. The number of nitrogens with zero attached hydrogens (tertiary/aromatic N) is 1. The van der Waals surface area contributed by atoms with E-state index in [2.05, 4.69) is 34.6 Å². The first-order chi connectivity index (χ1) is 12.7. The van der Waals surface area contributed by atoms with Gasteiger partial charge in [0.2, 0.25) is 5.91 Å². The van der Waals surface area contributed by atoms with Crippen molar-refractivity contribution < 1.29 is 9.53 Å². The molecule has 1 aromatic rings. The highest BCUT2D eigenvalue weighted by Crippen LogP contribution is 2.25. The molecule has 2 unspecified atom stereocenters. The van der Waals surface area contributed by atoms with Crippen molar-refractivity contribution in [1.82, 2.24) is 15.5 Å². The fraction of sp³-hybridized carbons (Fsp3) is 0.667. The number of amides is 1. The second-order valence-corrected chi connectivity index (χ2v) is 7.71. The zero-order valence-electron chi connectivity index (χ0n) is 16.8. The molecule has 0 bridgehead atoms. The van der Waals surface area contributed by atoms with E-state index in [0.717, 1.165) is 45.9 Å². The first kappa shape index (κ1) is 25.2. The number of piperidine rings is 1. The molecular weight excluding hydrogens is 397 g/mol. The summed E-state index contributed by atoms with van der Waals surface area (Å²) >= 11 is 0. The average molecular weight is 432 g/mol. The van der Waals surface area contributed by atoms with Gasteiger partial charge in [-0.05, 0) is 43.3 Å². The Bertz CT molecular complexity index is 550. The maximum absolute atomic E-state index is 12.8. The topological polar surface area (TPSA) is 53.6 Å². The fourth-order valence-electron chi connectivity index (χ4n) is 4.09. The average Bonchev–Trinajstić information content (AvgIpc) is 2.69. The van der Waals surface area contributed by atoms with Crippen LogP contribution in [0.1, 0.15) is 37.8 Å². The SMILES string of the molecule is CC(CC(=O)NC(CN1CCOCC1)c1ccccc1)C1CCNCC1.Cl.Cl. The number of hydrogen-bond donors (Lipinski definition) is 2. The molecule has 2 aliphatic heterocycles. The normalized spacial score (nSPS) is 20.3. The summed E-state index contributed by atoms with van der Waals surface area (Å²) in [6.07, 6.45) is 2.99. The summed E-state index contributed by atoms with van der Waals surface area (Å²) in [5, 5.41) is 6.72. The number of halogens is 2. The maximum atomic E-state index is 12.8. The summed E-state index contributed by atoms with van der Waals surface area (Å²) in [6.45, 7) is 8.68. The van der Waals surface area contributed by atoms with Crippen LogP contribution in [0.5, 0.6) is 0 Å². The summed E-state index contributed by atoms with van der Waals surface area (Å²) in [4.78, 5) is 15.1. The maximum Gasteiger partial charge on any atom is 0.220 e. The van der Waals surface area contributed by atoms with Crippen LogP contribution in [0, 0.1) is 11.8 Å². The number of carbonyl (C=O) groups is 1. The summed E-state index contributed by atoms with van der Waals surface area (Å²) in [5.74, 6) is 1.28. The van der Waals surface area contributed by atoms with E-state index in [0.29, 0.717) is 18.3 Å². The second-order valence-electron chi connectivity index (χ2n) is 7.71. The lowest BCUT2D eigenvalue weighted by Crippen LogP contribution is -2.43. The predicted octanol–water partition coefficient (Wildman–Crippen LogP) is 3.05. The Morgan fingerprint density at radius 1 is 1.18 bits per heavy atom. The molecule has 2 heterocycles. The Morgan fingerprint density at radius 3 is 2.46 bits per heavy atom. The molecule has 3 rings (SSSR count). The van der Waals surface area contributed by atoms with Crippen molar-refractivity contribution in [2.75, 3.05) is 45.9 Å². The van der Waals surface area contributed by atoms with Crippen LogP contribution < -0.4 is 10.6 Å². The van der Waals surface area contributed by atoms with E-state index in [4.69, 9.17) is 4.74 Å². The Morgan fingerprint density at radius 2 is 1.82 bits per heavy atom. The monoisotopic (exact) mass is 431 g/mol. The smallest absolute Gasteiger partial charge is 0.220 e. The largest absolute Gasteiger partial charge is 0.379 e. The number of morpholine rings is 1. The highest BCUT2D eigenvalue weighted by molar-refractivity contribution is 5.85. The standard InChI is InChI=1S/C21H33N3O2.2ClH/c1-17(18-7-9-22-10-8-18)15-21(25)23-20(19-5-3-2-4-6-19)16-24-11-13-26-14-12-24;;/h2-6,17-18,20,22H,7-16H2,1H3,(H,23,25);2*1H. The van der Waals surface area contributed by atoms with E-state index in [9.17, 15) is 4.79 Å². The van der Waals surface area contributed by atoms with Crippen molar-refractivity contribution in [3.05, 3.63) is 35.9 Å². The molecule has 1 aromatic carbocycles. The van der Waals surface area contributed by atoms with Crippen LogP contribution in [0.15, 0.2) is 30.3 Å². The van der Waals surface area contributed by atoms with E-state index in [1.165, 1.54) is 18.4 Å². The lowest BCUT2D eigenvalue weighted by Gasteiger charge is -2.32. The summed E-state index contributed by atoms with van der Waals surface area (Å²) in [7, 11) is 0. The highest BCUT2D eigenvalue weighted by Gasteiger charge is 2.24. The van der Waals surface area contributed by atoms with Crippen LogP contribution in [-0.4, -0.2) is 56.7 Å². The van der Waals surface area contributed by atoms with Crippen LogP contribution in [0.4, 0.5) is 0 Å². The van der Waals surface area contributed by atoms with Gasteiger partial charge in [-0.25, -0.2) is 0 Å². The van der Waals surface area contributed by atoms with Gasteiger partial charge in [0.25, 0.3) is 0 Å².